The molecule has 0 heterocycles. The highest BCUT2D eigenvalue weighted by atomic mass is 35.5. The lowest BCUT2D eigenvalue weighted by Crippen LogP contribution is -2.46. The maximum absolute atomic E-state index is 12.8. The molecule has 1 unspecified atom stereocenters. The second kappa shape index (κ2) is 9.53. The summed E-state index contributed by atoms with van der Waals surface area (Å²) in [4.78, 5) is 23.5. The fraction of sp³-hybridized carbons (Fsp3) is 0.650. The molecule has 0 aliphatic heterocycles. The van der Waals surface area contributed by atoms with Crippen molar-refractivity contribution in [2.24, 2.45) is 5.92 Å². The van der Waals surface area contributed by atoms with Gasteiger partial charge in [0.25, 0.3) is 0 Å². The van der Waals surface area contributed by atoms with Crippen molar-refractivity contribution in [3.05, 3.63) is 45.0 Å². The third-order valence-electron chi connectivity index (χ3n) is 5.45. The monoisotopic (exact) mass is 444 g/mol. The third-order valence-corrected chi connectivity index (χ3v) is 7.94. The van der Waals surface area contributed by atoms with Crippen LogP contribution < -0.4 is 4.72 Å². The van der Waals surface area contributed by atoms with E-state index in [2.05, 4.69) is 4.72 Å². The largest absolute Gasteiger partial charge is 0.299 e. The summed E-state index contributed by atoms with van der Waals surface area (Å²) in [6.07, 6.45) is 2.42. The third kappa shape index (κ3) is 6.76. The van der Waals surface area contributed by atoms with Crippen LogP contribution in [0.5, 0.6) is 0 Å². The van der Waals surface area contributed by atoms with Gasteiger partial charge in [-0.1, -0.05) is 23.7 Å². The normalized spacial score (nSPS) is 21.5. The van der Waals surface area contributed by atoms with Gasteiger partial charge in [0.15, 0.2) is 0 Å². The van der Waals surface area contributed by atoms with Crippen LogP contribution in [0.3, 0.4) is 0 Å². The summed E-state index contributed by atoms with van der Waals surface area (Å²) in [6, 6.07) is 6.66. The Hall–Kier alpha value is -1.51. The molecule has 1 aliphatic rings. The van der Waals surface area contributed by atoms with E-state index < -0.39 is 25.6 Å². The second-order valence-corrected chi connectivity index (χ2v) is 11.6. The van der Waals surface area contributed by atoms with E-state index in [1.54, 1.807) is 45.0 Å². The number of rotatable bonds is 8. The molecule has 0 saturated heterocycles. The number of benzene rings is 1. The average molecular weight is 445 g/mol. The van der Waals surface area contributed by atoms with E-state index in [0.29, 0.717) is 36.3 Å². The zero-order chi connectivity index (χ0) is 21.8. The first-order valence-corrected chi connectivity index (χ1v) is 11.7. The minimum Gasteiger partial charge on any atom is -0.299 e. The van der Waals surface area contributed by atoms with Gasteiger partial charge in [-0.15, -0.1) is 0 Å². The lowest BCUT2D eigenvalue weighted by molar-refractivity contribution is -0.483. The van der Waals surface area contributed by atoms with Crippen LogP contribution in [0, 0.1) is 16.0 Å². The predicted octanol–water partition coefficient (Wildman–Crippen LogP) is 3.94. The van der Waals surface area contributed by atoms with E-state index in [1.165, 1.54) is 0 Å². The first-order valence-electron chi connectivity index (χ1n) is 9.81. The fourth-order valence-electron chi connectivity index (χ4n) is 3.57. The lowest BCUT2D eigenvalue weighted by Gasteiger charge is -2.31. The average Bonchev–Trinajstić information content (AvgIpc) is 2.60. The molecule has 1 atom stereocenters. The van der Waals surface area contributed by atoms with Gasteiger partial charge in [0.1, 0.15) is 5.78 Å². The van der Waals surface area contributed by atoms with Crippen LogP contribution in [0.4, 0.5) is 0 Å². The molecule has 0 amide bonds. The maximum Gasteiger partial charge on any atom is 0.216 e. The topological polar surface area (TPSA) is 106 Å². The fourth-order valence-corrected chi connectivity index (χ4v) is 4.79. The Kier molecular flexibility index (Phi) is 7.81. The van der Waals surface area contributed by atoms with Crippen LogP contribution in [-0.2, 0) is 14.8 Å². The van der Waals surface area contributed by atoms with Gasteiger partial charge in [0.05, 0.1) is 10.7 Å². The van der Waals surface area contributed by atoms with Crippen LogP contribution >= 0.6 is 11.6 Å². The first-order chi connectivity index (χ1) is 13.4. The van der Waals surface area contributed by atoms with Crippen LogP contribution in [-0.4, -0.2) is 36.5 Å². The molecule has 0 radical (unpaired) electrons. The molecular formula is C20H29ClN2O5S. The van der Waals surface area contributed by atoms with Crippen LogP contribution in [0.1, 0.15) is 64.4 Å². The van der Waals surface area contributed by atoms with E-state index in [-0.39, 0.29) is 30.7 Å². The SMILES string of the molecule is CC(C)(C)S(=O)(=O)N[C@H]1CC[C@H](C(=O)CC(C[N+](=O)[O-])c2cccc(Cl)c2)CC1. The van der Waals surface area contributed by atoms with Crippen molar-refractivity contribution in [2.75, 3.05) is 6.54 Å². The van der Waals surface area contributed by atoms with Crippen molar-refractivity contribution in [1.29, 1.82) is 0 Å². The number of carbonyl (C=O) groups excluding carboxylic acids is 1. The molecule has 1 fully saturated rings. The molecular weight excluding hydrogens is 416 g/mol. The number of nitrogens with zero attached hydrogens (tertiary/aromatic N) is 1. The van der Waals surface area contributed by atoms with Gasteiger partial charge in [-0.05, 0) is 64.2 Å². The molecule has 1 saturated carbocycles. The summed E-state index contributed by atoms with van der Waals surface area (Å²) in [5.74, 6) is -0.721. The Balaban J connectivity index is 1.97. The predicted molar refractivity (Wildman–Crippen MR) is 113 cm³/mol. The van der Waals surface area contributed by atoms with Crippen molar-refractivity contribution in [3.8, 4) is 0 Å². The summed E-state index contributed by atoms with van der Waals surface area (Å²) in [5, 5.41) is 11.6. The van der Waals surface area contributed by atoms with Gasteiger partial charge >= 0.3 is 0 Å². The number of carbonyl (C=O) groups is 1. The minimum atomic E-state index is -3.43. The molecule has 162 valence electrons. The van der Waals surface area contributed by atoms with Gasteiger partial charge in [-0.3, -0.25) is 14.9 Å². The van der Waals surface area contributed by atoms with Gasteiger partial charge in [0.2, 0.25) is 16.6 Å². The van der Waals surface area contributed by atoms with Crippen molar-refractivity contribution < 1.29 is 18.1 Å². The van der Waals surface area contributed by atoms with Gasteiger partial charge in [-0.2, -0.15) is 0 Å². The first kappa shape index (κ1) is 23.8. The van der Waals surface area contributed by atoms with Gasteiger partial charge in [-0.25, -0.2) is 13.1 Å². The zero-order valence-electron chi connectivity index (χ0n) is 17.1. The quantitative estimate of drug-likeness (QED) is 0.482. The van der Waals surface area contributed by atoms with Gasteiger partial charge < -0.3 is 0 Å². The van der Waals surface area contributed by atoms with Crippen LogP contribution in [0.15, 0.2) is 24.3 Å². The molecule has 2 rings (SSSR count). The van der Waals surface area contributed by atoms with Crippen molar-refractivity contribution in [3.63, 3.8) is 0 Å². The lowest BCUT2D eigenvalue weighted by atomic mass is 9.80. The molecule has 0 spiro atoms. The zero-order valence-corrected chi connectivity index (χ0v) is 18.6. The summed E-state index contributed by atoms with van der Waals surface area (Å²) in [5.41, 5.74) is 0.689. The standard InChI is InChI=1S/C20H29ClN2O5S/c1-20(2,3)29(27,28)22-18-9-7-14(8-10-18)19(24)12-16(13-23(25)26)15-5-4-6-17(21)11-15/h4-6,11,14,16,18,22H,7-10,12-13H2,1-3H3/t14-,16?,18-. The number of halogens is 1. The number of Topliss-reactive ketones (excluding diaryl/α,β-unsaturated/α-hetero) is 1. The maximum atomic E-state index is 12.8. The highest BCUT2D eigenvalue weighted by Gasteiger charge is 2.34. The highest BCUT2D eigenvalue weighted by Crippen LogP contribution is 2.31. The van der Waals surface area contributed by atoms with E-state index >= 15 is 0 Å². The Morgan fingerprint density at radius 2 is 1.90 bits per heavy atom. The summed E-state index contributed by atoms with van der Waals surface area (Å²) >= 11 is 6.00. The van der Waals surface area contributed by atoms with E-state index in [1.807, 2.05) is 0 Å². The number of hydrogen-bond donors (Lipinski definition) is 1. The second-order valence-electron chi connectivity index (χ2n) is 8.72. The van der Waals surface area contributed by atoms with Crippen molar-refractivity contribution >= 4 is 27.4 Å². The van der Waals surface area contributed by atoms with Gasteiger partial charge in [0, 0.05) is 28.3 Å². The highest BCUT2D eigenvalue weighted by molar-refractivity contribution is 7.90. The molecule has 9 heteroatoms. The summed E-state index contributed by atoms with van der Waals surface area (Å²) in [6.45, 7) is 4.62. The molecule has 0 aromatic heterocycles. The van der Waals surface area contributed by atoms with Crippen LogP contribution in [0.25, 0.3) is 0 Å². The Morgan fingerprint density at radius 1 is 1.28 bits per heavy atom. The molecule has 7 nitrogen and oxygen atoms in total. The Morgan fingerprint density at radius 3 is 2.41 bits per heavy atom. The summed E-state index contributed by atoms with van der Waals surface area (Å²) < 4.78 is 26.5. The molecule has 29 heavy (non-hydrogen) atoms. The minimum absolute atomic E-state index is 0.00560. The van der Waals surface area contributed by atoms with Crippen molar-refractivity contribution in [1.82, 2.24) is 4.72 Å². The van der Waals surface area contributed by atoms with E-state index in [4.69, 9.17) is 11.6 Å². The number of hydrogen-bond acceptors (Lipinski definition) is 5. The Labute approximate surface area is 177 Å². The number of nitro groups is 1. The van der Waals surface area contributed by atoms with Crippen LogP contribution in [0.2, 0.25) is 5.02 Å². The molecule has 1 aromatic rings. The summed E-state index contributed by atoms with van der Waals surface area (Å²) in [7, 11) is -3.43. The molecule has 0 bridgehead atoms. The molecule has 1 N–H and O–H groups in total. The molecule has 1 aromatic carbocycles. The van der Waals surface area contributed by atoms with E-state index in [0.717, 1.165) is 0 Å². The Bertz CT molecular complexity index is 843. The smallest absolute Gasteiger partial charge is 0.216 e. The van der Waals surface area contributed by atoms with Crippen molar-refractivity contribution in [2.45, 2.75) is 69.6 Å². The number of sulfonamides is 1. The number of nitrogens with one attached hydrogen (secondary N) is 1. The molecule has 1 aliphatic carbocycles. The van der Waals surface area contributed by atoms with E-state index in [9.17, 15) is 23.3 Å². The number of ketones is 1.